The van der Waals surface area contributed by atoms with Crippen LogP contribution in [0.3, 0.4) is 0 Å². The van der Waals surface area contributed by atoms with Crippen LogP contribution in [0.4, 0.5) is 11.5 Å². The Kier molecular flexibility index (Phi) is 8.02. The molecule has 0 fully saturated rings. The van der Waals surface area contributed by atoms with Gasteiger partial charge in [0.15, 0.2) is 11.6 Å². The quantitative estimate of drug-likeness (QED) is 0.405. The Morgan fingerprint density at radius 1 is 1.11 bits per heavy atom. The molecule has 1 aromatic heterocycles. The van der Waals surface area contributed by atoms with Gasteiger partial charge in [0, 0.05) is 13.2 Å². The molecule has 1 aliphatic heterocycles. The lowest BCUT2D eigenvalue weighted by molar-refractivity contribution is -0.138. The number of nitrogens with zero attached hydrogens (tertiary/aromatic N) is 3. The van der Waals surface area contributed by atoms with Gasteiger partial charge in [0.2, 0.25) is 5.91 Å². The average Bonchev–Trinajstić information content (AvgIpc) is 2.99. The van der Waals surface area contributed by atoms with E-state index in [-0.39, 0.29) is 24.8 Å². The molecule has 0 radical (unpaired) electrons. The van der Waals surface area contributed by atoms with Crippen LogP contribution in [0.15, 0.2) is 66.9 Å². The number of ether oxygens (including phenoxy) is 1. The van der Waals surface area contributed by atoms with Crippen molar-refractivity contribution in [1.29, 1.82) is 0 Å². The highest BCUT2D eigenvalue weighted by Crippen LogP contribution is 2.32. The van der Waals surface area contributed by atoms with Crippen LogP contribution in [0.25, 0.3) is 0 Å². The first kappa shape index (κ1) is 25.7. The number of pyridine rings is 1. The Morgan fingerprint density at radius 3 is 2.62 bits per heavy atom. The van der Waals surface area contributed by atoms with Gasteiger partial charge in [-0.1, -0.05) is 36.4 Å². The van der Waals surface area contributed by atoms with E-state index < -0.39 is 12.0 Å². The normalized spacial score (nSPS) is 14.2. The molecule has 1 atom stereocenters. The summed E-state index contributed by atoms with van der Waals surface area (Å²) in [5, 5.41) is 9.56. The monoisotopic (exact) mass is 502 g/mol. The van der Waals surface area contributed by atoms with Crippen LogP contribution in [0, 0.1) is 0 Å². The van der Waals surface area contributed by atoms with Crippen molar-refractivity contribution in [2.45, 2.75) is 31.7 Å². The first-order chi connectivity index (χ1) is 17.8. The third kappa shape index (κ3) is 6.06. The van der Waals surface area contributed by atoms with Crippen LogP contribution in [-0.4, -0.2) is 53.0 Å². The van der Waals surface area contributed by atoms with Gasteiger partial charge >= 0.3 is 5.97 Å². The fourth-order valence-electron chi connectivity index (χ4n) is 4.45. The molecule has 3 N–H and O–H groups in total. The van der Waals surface area contributed by atoms with E-state index in [1.165, 1.54) is 9.80 Å². The standard InChI is InChI=1S/C28H30N4O5/c1-31-22-13-12-19(8-5-6-15-37-24-11-7-14-30-27(24)29)16-21(22)28(36)32(18-25(31)33)23(17-26(34)35)20-9-3-2-4-10-20/h2-4,7,9-14,16,23H,5-6,8,15,17-18H2,1H3,(H2,29,30)(H,34,35). The van der Waals surface area contributed by atoms with Crippen LogP contribution in [0.2, 0.25) is 0 Å². The van der Waals surface area contributed by atoms with Gasteiger partial charge in [-0.3, -0.25) is 14.4 Å². The SMILES string of the molecule is CN1C(=O)CN(C(CC(=O)O)c2ccccc2)C(=O)c2cc(CCCCOc3cccnc3N)ccc21. The molecule has 2 amide bonds. The molecule has 0 aliphatic carbocycles. The number of hydrogen-bond donors (Lipinski definition) is 2. The van der Waals surface area contributed by atoms with Crippen molar-refractivity contribution in [2.75, 3.05) is 30.8 Å². The molecule has 9 nitrogen and oxygen atoms in total. The number of unbranched alkanes of at least 4 members (excludes halogenated alkanes) is 1. The molecule has 0 saturated heterocycles. The number of nitrogens with two attached hydrogens (primary N) is 1. The van der Waals surface area contributed by atoms with Gasteiger partial charge in [-0.15, -0.1) is 0 Å². The number of benzene rings is 2. The number of rotatable bonds is 10. The number of aryl methyl sites for hydroxylation is 1. The number of nitrogen functional groups attached to an aromatic ring is 1. The molecule has 0 spiro atoms. The van der Waals surface area contributed by atoms with Gasteiger partial charge < -0.3 is 25.4 Å². The maximum absolute atomic E-state index is 13.8. The summed E-state index contributed by atoms with van der Waals surface area (Å²) in [4.78, 5) is 45.3. The molecule has 37 heavy (non-hydrogen) atoms. The summed E-state index contributed by atoms with van der Waals surface area (Å²) in [5.74, 6) is -0.777. The highest BCUT2D eigenvalue weighted by molar-refractivity contribution is 6.09. The summed E-state index contributed by atoms with van der Waals surface area (Å²) >= 11 is 0. The van der Waals surface area contributed by atoms with E-state index in [4.69, 9.17) is 10.5 Å². The Hall–Kier alpha value is -4.40. The van der Waals surface area contributed by atoms with E-state index in [0.29, 0.717) is 41.4 Å². The van der Waals surface area contributed by atoms with Crippen molar-refractivity contribution < 1.29 is 24.2 Å². The number of hydrogen-bond acceptors (Lipinski definition) is 6. The summed E-state index contributed by atoms with van der Waals surface area (Å²) < 4.78 is 5.70. The van der Waals surface area contributed by atoms with Crippen LogP contribution in [0.1, 0.15) is 46.8 Å². The first-order valence-electron chi connectivity index (χ1n) is 12.2. The Labute approximate surface area is 215 Å². The van der Waals surface area contributed by atoms with Gasteiger partial charge in [-0.25, -0.2) is 4.98 Å². The molecule has 2 aromatic carbocycles. The molecule has 3 aromatic rings. The zero-order valence-corrected chi connectivity index (χ0v) is 20.7. The lowest BCUT2D eigenvalue weighted by Crippen LogP contribution is -2.40. The maximum Gasteiger partial charge on any atom is 0.305 e. The number of carbonyl (C=O) groups is 3. The highest BCUT2D eigenvalue weighted by Gasteiger charge is 2.35. The van der Waals surface area contributed by atoms with Crippen LogP contribution < -0.4 is 15.4 Å². The van der Waals surface area contributed by atoms with Crippen molar-refractivity contribution in [3.05, 3.63) is 83.6 Å². The topological polar surface area (TPSA) is 126 Å². The van der Waals surface area contributed by atoms with Crippen LogP contribution >= 0.6 is 0 Å². The summed E-state index contributed by atoms with van der Waals surface area (Å²) in [6.45, 7) is 0.278. The zero-order valence-electron chi connectivity index (χ0n) is 20.7. The molecule has 192 valence electrons. The number of carboxylic acid groups (broad SMARTS) is 1. The summed E-state index contributed by atoms with van der Waals surface area (Å²) in [5.41, 5.74) is 8.32. The number of amides is 2. The van der Waals surface area contributed by atoms with Crippen molar-refractivity contribution in [3.63, 3.8) is 0 Å². The fourth-order valence-corrected chi connectivity index (χ4v) is 4.45. The number of carboxylic acids is 1. The minimum absolute atomic E-state index is 0.207. The molecule has 1 unspecified atom stereocenters. The predicted molar refractivity (Wildman–Crippen MR) is 139 cm³/mol. The number of anilines is 2. The van der Waals surface area contributed by atoms with Gasteiger partial charge in [-0.05, 0) is 54.7 Å². The summed E-state index contributed by atoms with van der Waals surface area (Å²) in [6, 6.07) is 17.2. The number of likely N-dealkylation sites (N-methyl/N-ethyl adjacent to an activating group) is 1. The molecular weight excluding hydrogens is 472 g/mol. The lowest BCUT2D eigenvalue weighted by atomic mass is 9.99. The van der Waals surface area contributed by atoms with Gasteiger partial charge in [0.05, 0.1) is 30.3 Å². The second kappa shape index (κ2) is 11.6. The molecule has 0 saturated carbocycles. The average molecular weight is 503 g/mol. The number of aromatic nitrogens is 1. The van der Waals surface area contributed by atoms with Crippen LogP contribution in [0.5, 0.6) is 5.75 Å². The Balaban J connectivity index is 1.51. The van der Waals surface area contributed by atoms with Gasteiger partial charge in [0.25, 0.3) is 5.91 Å². The molecule has 2 heterocycles. The third-order valence-electron chi connectivity index (χ3n) is 6.44. The number of carbonyl (C=O) groups excluding carboxylic acids is 2. The zero-order chi connectivity index (χ0) is 26.4. The second-order valence-electron chi connectivity index (χ2n) is 8.95. The Morgan fingerprint density at radius 2 is 1.89 bits per heavy atom. The molecular formula is C28H30N4O5. The number of fused-ring (bicyclic) bond motifs is 1. The van der Waals surface area contributed by atoms with E-state index in [2.05, 4.69) is 4.98 Å². The molecule has 1 aliphatic rings. The summed E-state index contributed by atoms with van der Waals surface area (Å²) in [6.07, 6.45) is 3.61. The minimum Gasteiger partial charge on any atom is -0.490 e. The predicted octanol–water partition coefficient (Wildman–Crippen LogP) is 3.70. The van der Waals surface area contributed by atoms with Crippen molar-refractivity contribution in [2.24, 2.45) is 0 Å². The van der Waals surface area contributed by atoms with Crippen molar-refractivity contribution in [1.82, 2.24) is 9.88 Å². The third-order valence-corrected chi connectivity index (χ3v) is 6.44. The van der Waals surface area contributed by atoms with Crippen molar-refractivity contribution in [3.8, 4) is 5.75 Å². The maximum atomic E-state index is 13.8. The molecule has 9 heteroatoms. The first-order valence-corrected chi connectivity index (χ1v) is 12.2. The largest absolute Gasteiger partial charge is 0.490 e. The smallest absolute Gasteiger partial charge is 0.305 e. The van der Waals surface area contributed by atoms with E-state index >= 15 is 0 Å². The van der Waals surface area contributed by atoms with Crippen molar-refractivity contribution >= 4 is 29.3 Å². The van der Waals surface area contributed by atoms with Gasteiger partial charge in [0.1, 0.15) is 6.54 Å². The lowest BCUT2D eigenvalue weighted by Gasteiger charge is -2.29. The Bertz CT molecular complexity index is 1280. The minimum atomic E-state index is -1.05. The summed E-state index contributed by atoms with van der Waals surface area (Å²) in [7, 11) is 1.63. The van der Waals surface area contributed by atoms with E-state index in [1.54, 1.807) is 55.7 Å². The van der Waals surface area contributed by atoms with Gasteiger partial charge in [-0.2, -0.15) is 0 Å². The molecule has 4 rings (SSSR count). The van der Waals surface area contributed by atoms with E-state index in [9.17, 15) is 19.5 Å². The van der Waals surface area contributed by atoms with E-state index in [1.807, 2.05) is 18.2 Å². The van der Waals surface area contributed by atoms with Crippen LogP contribution in [-0.2, 0) is 16.0 Å². The fraction of sp³-hybridized carbons (Fsp3) is 0.286. The van der Waals surface area contributed by atoms with E-state index in [0.717, 1.165) is 18.4 Å². The molecule has 0 bridgehead atoms. The number of aliphatic carboxylic acids is 1. The highest BCUT2D eigenvalue weighted by atomic mass is 16.5. The second-order valence-corrected chi connectivity index (χ2v) is 8.95.